The highest BCUT2D eigenvalue weighted by Gasteiger charge is 2.17. The first-order valence-electron chi connectivity index (χ1n) is 10.5. The molecule has 0 aliphatic heterocycles. The number of rotatable bonds is 6. The molecule has 0 aliphatic rings. The lowest BCUT2D eigenvalue weighted by Gasteiger charge is -2.11. The number of anilines is 1. The van der Waals surface area contributed by atoms with Crippen LogP contribution in [0.4, 0.5) is 19.4 Å². The number of hydrogen-bond donors (Lipinski definition) is 2. The van der Waals surface area contributed by atoms with Crippen LogP contribution in [-0.4, -0.2) is 20.6 Å². The zero-order valence-corrected chi connectivity index (χ0v) is 18.2. The molecule has 33 heavy (non-hydrogen) atoms. The molecule has 0 fully saturated rings. The quantitative estimate of drug-likeness (QED) is 0.412. The monoisotopic (exact) mass is 451 g/mol. The molecule has 8 heteroatoms. The van der Waals surface area contributed by atoms with Gasteiger partial charge in [0.05, 0.1) is 12.3 Å². The third kappa shape index (κ3) is 4.70. The van der Waals surface area contributed by atoms with Gasteiger partial charge in [-0.2, -0.15) is 0 Å². The van der Waals surface area contributed by atoms with Crippen molar-refractivity contribution in [3.63, 3.8) is 0 Å². The fourth-order valence-electron chi connectivity index (χ4n) is 3.61. The number of aromatic nitrogens is 2. The van der Waals surface area contributed by atoms with Crippen molar-refractivity contribution in [1.29, 1.82) is 0 Å². The molecule has 0 radical (unpaired) electrons. The minimum atomic E-state index is -0.999. The Morgan fingerprint density at radius 3 is 2.45 bits per heavy atom. The van der Waals surface area contributed by atoms with Crippen LogP contribution in [0.5, 0.6) is 0 Å². The van der Waals surface area contributed by atoms with Crippen LogP contribution >= 0.6 is 0 Å². The molecular weight excluding hydrogens is 428 g/mol. The van der Waals surface area contributed by atoms with E-state index < -0.39 is 17.7 Å². The van der Waals surface area contributed by atoms with Gasteiger partial charge in [-0.1, -0.05) is 37.3 Å². The first-order valence-corrected chi connectivity index (χ1v) is 10.5. The van der Waals surface area contributed by atoms with Gasteiger partial charge < -0.3 is 9.84 Å². The number of nitrogens with zero attached hydrogens (tertiary/aromatic N) is 2. The van der Waals surface area contributed by atoms with Crippen LogP contribution in [-0.2, 0) is 24.4 Å². The Morgan fingerprint density at radius 2 is 1.79 bits per heavy atom. The van der Waals surface area contributed by atoms with Crippen LogP contribution in [0.3, 0.4) is 0 Å². The number of hydrogen-bond acceptors (Lipinski definition) is 4. The van der Waals surface area contributed by atoms with E-state index in [4.69, 9.17) is 4.74 Å². The lowest BCUT2D eigenvalue weighted by atomic mass is 10.0. The van der Waals surface area contributed by atoms with Crippen molar-refractivity contribution in [1.82, 2.24) is 9.38 Å². The maximum absolute atomic E-state index is 13.4. The molecule has 4 aromatic rings. The minimum absolute atomic E-state index is 0.0273. The van der Waals surface area contributed by atoms with Crippen LogP contribution in [0.25, 0.3) is 16.8 Å². The topological polar surface area (TPSA) is 75.9 Å². The molecule has 0 bridgehead atoms. The van der Waals surface area contributed by atoms with E-state index in [1.807, 2.05) is 54.8 Å². The summed E-state index contributed by atoms with van der Waals surface area (Å²) in [6, 6.07) is 12.9. The zero-order chi connectivity index (χ0) is 23.5. The predicted octanol–water partition coefficient (Wildman–Crippen LogP) is 5.39. The number of carbonyl (C=O) groups excluding carboxylic acids is 1. The summed E-state index contributed by atoms with van der Waals surface area (Å²) >= 11 is 0. The number of benzene rings is 2. The van der Waals surface area contributed by atoms with E-state index in [0.717, 1.165) is 34.4 Å². The Bertz CT molecular complexity index is 1320. The van der Waals surface area contributed by atoms with Gasteiger partial charge in [0.15, 0.2) is 11.6 Å². The van der Waals surface area contributed by atoms with Crippen molar-refractivity contribution in [2.75, 3.05) is 5.32 Å². The molecule has 0 saturated heterocycles. The number of aliphatic hydroxyl groups is 1. The number of carbonyl (C=O) groups is 1. The first-order chi connectivity index (χ1) is 15.9. The third-order valence-electron chi connectivity index (χ3n) is 5.36. The number of ether oxygens (including phenoxy) is 1. The number of pyridine rings is 1. The average Bonchev–Trinajstić information content (AvgIpc) is 3.17. The van der Waals surface area contributed by atoms with Gasteiger partial charge in [0.25, 0.3) is 0 Å². The van der Waals surface area contributed by atoms with Crippen LogP contribution < -0.4 is 5.32 Å². The fraction of sp³-hybridized carbons (Fsp3) is 0.200. The molecular formula is C25H23F2N3O3. The average molecular weight is 451 g/mol. The van der Waals surface area contributed by atoms with Gasteiger partial charge >= 0.3 is 6.09 Å². The summed E-state index contributed by atoms with van der Waals surface area (Å²) < 4.78 is 33.5. The molecule has 2 aromatic carbocycles. The van der Waals surface area contributed by atoms with Crippen LogP contribution in [0, 0.1) is 18.6 Å². The Labute approximate surface area is 189 Å². The minimum Gasteiger partial charge on any atom is -0.444 e. The van der Waals surface area contributed by atoms with E-state index >= 15 is 0 Å². The van der Waals surface area contributed by atoms with Crippen molar-refractivity contribution in [2.24, 2.45) is 0 Å². The largest absolute Gasteiger partial charge is 0.444 e. The second kappa shape index (κ2) is 9.38. The summed E-state index contributed by atoms with van der Waals surface area (Å²) in [5.41, 5.74) is 5.35. The Balaban J connectivity index is 1.61. The van der Waals surface area contributed by atoms with E-state index in [1.54, 1.807) is 0 Å². The maximum Gasteiger partial charge on any atom is 0.413 e. The summed E-state index contributed by atoms with van der Waals surface area (Å²) in [6.07, 6.45) is 1.74. The molecule has 2 aromatic heterocycles. The number of nitrogens with one attached hydrogen (secondary N) is 1. The van der Waals surface area contributed by atoms with Crippen molar-refractivity contribution in [3.8, 4) is 11.1 Å². The van der Waals surface area contributed by atoms with E-state index in [0.29, 0.717) is 29.1 Å². The van der Waals surface area contributed by atoms with Gasteiger partial charge in [0.1, 0.15) is 18.1 Å². The maximum atomic E-state index is 13.4. The highest BCUT2D eigenvalue weighted by atomic mass is 19.2. The molecule has 0 saturated carbocycles. The van der Waals surface area contributed by atoms with Crippen molar-refractivity contribution in [3.05, 3.63) is 88.7 Å². The lowest BCUT2D eigenvalue weighted by molar-refractivity contribution is 0.155. The number of amides is 1. The smallest absolute Gasteiger partial charge is 0.413 e. The Hall–Kier alpha value is -3.78. The number of aliphatic hydroxyl groups excluding tert-OH is 1. The molecule has 0 aliphatic carbocycles. The Kier molecular flexibility index (Phi) is 6.37. The molecule has 0 unspecified atom stereocenters. The van der Waals surface area contributed by atoms with E-state index in [2.05, 4.69) is 10.3 Å². The summed E-state index contributed by atoms with van der Waals surface area (Å²) in [5.74, 6) is -1.47. The lowest BCUT2D eigenvalue weighted by Crippen LogP contribution is -2.16. The molecule has 1 amide bonds. The highest BCUT2D eigenvalue weighted by Crippen LogP contribution is 2.28. The summed E-state index contributed by atoms with van der Waals surface area (Å²) in [4.78, 5) is 17.1. The summed E-state index contributed by atoms with van der Waals surface area (Å²) in [6.45, 7) is 3.64. The number of fused-ring (bicyclic) bond motifs is 1. The predicted molar refractivity (Wildman–Crippen MR) is 121 cm³/mol. The van der Waals surface area contributed by atoms with Crippen LogP contribution in [0.2, 0.25) is 0 Å². The molecule has 170 valence electrons. The van der Waals surface area contributed by atoms with Gasteiger partial charge in [0, 0.05) is 6.20 Å². The molecule has 2 heterocycles. The summed E-state index contributed by atoms with van der Waals surface area (Å²) in [5, 5.41) is 12.0. The second-order valence-corrected chi connectivity index (χ2v) is 7.67. The number of imidazole rings is 1. The molecule has 0 spiro atoms. The molecule has 6 nitrogen and oxygen atoms in total. The SMILES string of the molecule is CCc1nc2c(C)cc(-c3ccc(CO)cc3)cn2c1NC(=O)OCc1ccc(F)c(F)c1. The van der Waals surface area contributed by atoms with Gasteiger partial charge in [-0.15, -0.1) is 0 Å². The van der Waals surface area contributed by atoms with Gasteiger partial charge in [-0.05, 0) is 59.4 Å². The van der Waals surface area contributed by atoms with E-state index in [9.17, 15) is 18.7 Å². The fourth-order valence-corrected chi connectivity index (χ4v) is 3.61. The first kappa shape index (κ1) is 22.4. The normalized spacial score (nSPS) is 11.1. The van der Waals surface area contributed by atoms with E-state index in [1.165, 1.54) is 6.07 Å². The zero-order valence-electron chi connectivity index (χ0n) is 18.2. The molecule has 4 rings (SSSR count). The summed E-state index contributed by atoms with van der Waals surface area (Å²) in [7, 11) is 0. The van der Waals surface area contributed by atoms with Crippen molar-refractivity contribution >= 4 is 17.6 Å². The molecule has 2 N–H and O–H groups in total. The van der Waals surface area contributed by atoms with Crippen LogP contribution in [0.1, 0.15) is 29.3 Å². The Morgan fingerprint density at radius 1 is 1.06 bits per heavy atom. The van der Waals surface area contributed by atoms with E-state index in [-0.39, 0.29) is 13.2 Å². The number of halogens is 2. The third-order valence-corrected chi connectivity index (χ3v) is 5.36. The second-order valence-electron chi connectivity index (χ2n) is 7.67. The van der Waals surface area contributed by atoms with Crippen molar-refractivity contribution in [2.45, 2.75) is 33.5 Å². The van der Waals surface area contributed by atoms with Gasteiger partial charge in [-0.25, -0.2) is 18.6 Å². The van der Waals surface area contributed by atoms with Gasteiger partial charge in [0.2, 0.25) is 0 Å². The standard InChI is InChI=1S/C25H23F2N3O3/c1-3-22-24(29-25(32)33-14-17-6-9-20(26)21(27)11-17)30-12-19(10-15(2)23(30)28-22)18-7-4-16(13-31)5-8-18/h4-12,31H,3,13-14H2,1-2H3,(H,29,32). The van der Waals surface area contributed by atoms with Gasteiger partial charge in [-0.3, -0.25) is 9.72 Å². The van der Waals surface area contributed by atoms with Crippen molar-refractivity contribution < 1.29 is 23.4 Å². The highest BCUT2D eigenvalue weighted by molar-refractivity contribution is 5.85. The van der Waals surface area contributed by atoms with Crippen LogP contribution in [0.15, 0.2) is 54.7 Å². The number of aryl methyl sites for hydroxylation is 2. The molecule has 0 atom stereocenters.